The standard InChI is InChI=1S/C27H27ClN2O4/c1-33-17-26(8-9-26)16-30-15-21(19-7-6-18(28)14-23(19)30)24(31)29-12-10-27(11-13-29)22-5-3-2-4-20(22)25(32)34-27/h2-7,14-15H,8-13,16-17H2,1H3. The molecule has 2 aromatic carbocycles. The van der Waals surface area contributed by atoms with Crippen LogP contribution >= 0.6 is 11.6 Å². The van der Waals surface area contributed by atoms with Crippen molar-refractivity contribution >= 4 is 34.4 Å². The minimum atomic E-state index is -0.621. The highest BCUT2D eigenvalue weighted by molar-refractivity contribution is 6.31. The lowest BCUT2D eigenvalue weighted by Crippen LogP contribution is -2.45. The molecule has 3 aliphatic rings. The van der Waals surface area contributed by atoms with Crippen LogP contribution in [0.3, 0.4) is 0 Å². The van der Waals surface area contributed by atoms with E-state index in [0.717, 1.165) is 35.9 Å². The number of rotatable bonds is 5. The summed E-state index contributed by atoms with van der Waals surface area (Å²) in [5, 5.41) is 1.57. The lowest BCUT2D eigenvalue weighted by molar-refractivity contribution is -0.0389. The Balaban J connectivity index is 1.27. The van der Waals surface area contributed by atoms with Crippen molar-refractivity contribution in [2.45, 2.75) is 37.8 Å². The van der Waals surface area contributed by atoms with Crippen LogP contribution in [0.15, 0.2) is 48.7 Å². The first-order valence-corrected chi connectivity index (χ1v) is 12.2. The normalized spacial score (nSPS) is 19.9. The molecule has 0 radical (unpaired) electrons. The number of carbonyl (C=O) groups excluding carboxylic acids is 2. The molecule has 0 atom stereocenters. The van der Waals surface area contributed by atoms with Gasteiger partial charge < -0.3 is 18.9 Å². The number of benzene rings is 2. The Hall–Kier alpha value is -2.83. The van der Waals surface area contributed by atoms with Crippen molar-refractivity contribution in [2.24, 2.45) is 5.41 Å². The number of likely N-dealkylation sites (tertiary alicyclic amines) is 1. The number of nitrogens with zero attached hydrogens (tertiary/aromatic N) is 2. The molecular formula is C27H27ClN2O4. The van der Waals surface area contributed by atoms with Crippen molar-refractivity contribution in [3.05, 3.63) is 70.4 Å². The number of hydrogen-bond donors (Lipinski definition) is 0. The third kappa shape index (κ3) is 3.43. The minimum Gasteiger partial charge on any atom is -0.450 e. The molecule has 1 saturated carbocycles. The van der Waals surface area contributed by atoms with Crippen LogP contribution in [-0.2, 0) is 21.6 Å². The molecule has 1 aliphatic carbocycles. The molecule has 7 heteroatoms. The zero-order valence-corrected chi connectivity index (χ0v) is 19.9. The van der Waals surface area contributed by atoms with Gasteiger partial charge in [0.2, 0.25) is 0 Å². The number of halogens is 1. The smallest absolute Gasteiger partial charge is 0.339 e. The van der Waals surface area contributed by atoms with E-state index in [-0.39, 0.29) is 17.3 Å². The summed E-state index contributed by atoms with van der Waals surface area (Å²) in [7, 11) is 1.74. The molecule has 1 amide bonds. The zero-order valence-electron chi connectivity index (χ0n) is 19.2. The van der Waals surface area contributed by atoms with Crippen LogP contribution in [0.5, 0.6) is 0 Å². The number of esters is 1. The number of piperidine rings is 1. The van der Waals surface area contributed by atoms with Crippen molar-refractivity contribution in [1.29, 1.82) is 0 Å². The number of hydrogen-bond acceptors (Lipinski definition) is 4. The first-order valence-electron chi connectivity index (χ1n) is 11.8. The second kappa shape index (κ2) is 7.85. The number of aromatic nitrogens is 1. The predicted molar refractivity (Wildman–Crippen MR) is 129 cm³/mol. The van der Waals surface area contributed by atoms with Gasteiger partial charge in [-0.15, -0.1) is 0 Å². The maximum Gasteiger partial charge on any atom is 0.339 e. The van der Waals surface area contributed by atoms with Gasteiger partial charge in [0, 0.05) is 67.2 Å². The van der Waals surface area contributed by atoms with Gasteiger partial charge in [0.05, 0.1) is 23.3 Å². The molecule has 6 rings (SSSR count). The molecule has 1 spiro atoms. The number of methoxy groups -OCH3 is 1. The van der Waals surface area contributed by atoms with Gasteiger partial charge in [-0.2, -0.15) is 0 Å². The quantitative estimate of drug-likeness (QED) is 0.483. The van der Waals surface area contributed by atoms with Crippen molar-refractivity contribution in [1.82, 2.24) is 9.47 Å². The van der Waals surface area contributed by atoms with Gasteiger partial charge in [0.25, 0.3) is 5.91 Å². The molecule has 1 saturated heterocycles. The van der Waals surface area contributed by atoms with Gasteiger partial charge >= 0.3 is 5.97 Å². The Kier molecular flexibility index (Phi) is 5.01. The Morgan fingerprint density at radius 2 is 1.88 bits per heavy atom. The number of amides is 1. The van der Waals surface area contributed by atoms with Crippen molar-refractivity contribution in [2.75, 3.05) is 26.8 Å². The SMILES string of the molecule is COCC1(Cn2cc(C(=O)N3CCC4(CC3)OC(=O)c3ccccc34)c3ccc(Cl)cc32)CC1. The lowest BCUT2D eigenvalue weighted by atomic mass is 9.83. The largest absolute Gasteiger partial charge is 0.450 e. The second-order valence-corrected chi connectivity index (χ2v) is 10.4. The topological polar surface area (TPSA) is 60.8 Å². The number of carbonyl (C=O) groups is 2. The fourth-order valence-corrected chi connectivity index (χ4v) is 5.88. The average molecular weight is 479 g/mol. The summed E-state index contributed by atoms with van der Waals surface area (Å²) in [5.74, 6) is -0.254. The van der Waals surface area contributed by atoms with E-state index >= 15 is 0 Å². The van der Waals surface area contributed by atoms with E-state index < -0.39 is 5.60 Å². The van der Waals surface area contributed by atoms with Crippen LogP contribution in [-0.4, -0.2) is 48.1 Å². The summed E-state index contributed by atoms with van der Waals surface area (Å²) in [6, 6.07) is 13.3. The third-order valence-corrected chi connectivity index (χ3v) is 8.01. The molecule has 0 bridgehead atoms. The fraction of sp³-hybridized carbons (Fsp3) is 0.407. The maximum atomic E-state index is 13.7. The van der Waals surface area contributed by atoms with Crippen LogP contribution < -0.4 is 0 Å². The highest BCUT2D eigenvalue weighted by Crippen LogP contribution is 2.48. The highest BCUT2D eigenvalue weighted by Gasteiger charge is 2.48. The van der Waals surface area contributed by atoms with Crippen molar-refractivity contribution in [3.8, 4) is 0 Å². The van der Waals surface area contributed by atoms with Gasteiger partial charge in [0.15, 0.2) is 0 Å². The van der Waals surface area contributed by atoms with Crippen LogP contribution in [0.25, 0.3) is 10.9 Å². The minimum absolute atomic E-state index is 0.00937. The van der Waals surface area contributed by atoms with E-state index in [1.54, 1.807) is 7.11 Å². The molecule has 0 N–H and O–H groups in total. The number of fused-ring (bicyclic) bond motifs is 3. The molecular weight excluding hydrogens is 452 g/mol. The van der Waals surface area contributed by atoms with E-state index in [1.807, 2.05) is 53.6 Å². The molecule has 6 nitrogen and oxygen atoms in total. The van der Waals surface area contributed by atoms with Crippen molar-refractivity contribution < 1.29 is 19.1 Å². The van der Waals surface area contributed by atoms with Crippen LogP contribution in [0.1, 0.15) is 52.0 Å². The lowest BCUT2D eigenvalue weighted by Gasteiger charge is -2.38. The summed E-state index contributed by atoms with van der Waals surface area (Å²) in [4.78, 5) is 28.0. The second-order valence-electron chi connectivity index (χ2n) is 9.99. The zero-order chi connectivity index (χ0) is 23.5. The number of ether oxygens (including phenoxy) is 2. The van der Waals surface area contributed by atoms with Gasteiger partial charge in [-0.05, 0) is 31.0 Å². The predicted octanol–water partition coefficient (Wildman–Crippen LogP) is 5.02. The Bertz CT molecular complexity index is 1300. The van der Waals surface area contributed by atoms with Crippen LogP contribution in [0, 0.1) is 5.41 Å². The third-order valence-electron chi connectivity index (χ3n) is 7.77. The molecule has 2 fully saturated rings. The van der Waals surface area contributed by atoms with Gasteiger partial charge in [-0.1, -0.05) is 35.9 Å². The van der Waals surface area contributed by atoms with Crippen LogP contribution in [0.2, 0.25) is 5.02 Å². The van der Waals surface area contributed by atoms with Gasteiger partial charge in [0.1, 0.15) is 5.60 Å². The summed E-state index contributed by atoms with van der Waals surface area (Å²) < 4.78 is 13.5. The summed E-state index contributed by atoms with van der Waals surface area (Å²) in [5.41, 5.74) is 2.79. The summed E-state index contributed by atoms with van der Waals surface area (Å²) in [6.07, 6.45) is 5.43. The Labute approximate surface area is 203 Å². The highest BCUT2D eigenvalue weighted by atomic mass is 35.5. The Morgan fingerprint density at radius 1 is 1.12 bits per heavy atom. The van der Waals surface area contributed by atoms with Crippen molar-refractivity contribution in [3.63, 3.8) is 0 Å². The molecule has 0 unspecified atom stereocenters. The average Bonchev–Trinajstić information content (AvgIpc) is 3.43. The summed E-state index contributed by atoms with van der Waals surface area (Å²) >= 11 is 6.32. The van der Waals surface area contributed by atoms with Gasteiger partial charge in [-0.3, -0.25) is 4.79 Å². The van der Waals surface area contributed by atoms with E-state index in [0.29, 0.717) is 48.7 Å². The van der Waals surface area contributed by atoms with E-state index in [2.05, 4.69) is 4.57 Å². The molecule has 3 heterocycles. The first-order chi connectivity index (χ1) is 16.4. The Morgan fingerprint density at radius 3 is 2.62 bits per heavy atom. The van der Waals surface area contributed by atoms with E-state index in [4.69, 9.17) is 21.1 Å². The van der Waals surface area contributed by atoms with E-state index in [1.165, 1.54) is 0 Å². The first kappa shape index (κ1) is 21.7. The maximum absolute atomic E-state index is 13.7. The molecule has 1 aromatic heterocycles. The van der Waals surface area contributed by atoms with Crippen LogP contribution in [0.4, 0.5) is 0 Å². The molecule has 2 aliphatic heterocycles. The molecule has 176 valence electrons. The van der Waals surface area contributed by atoms with Gasteiger partial charge in [-0.25, -0.2) is 4.79 Å². The monoisotopic (exact) mass is 478 g/mol. The molecule has 34 heavy (non-hydrogen) atoms. The molecule has 3 aromatic rings. The summed E-state index contributed by atoms with van der Waals surface area (Å²) in [6.45, 7) is 2.59. The van der Waals surface area contributed by atoms with E-state index in [9.17, 15) is 9.59 Å². The fourth-order valence-electron chi connectivity index (χ4n) is 5.72.